The molecule has 0 saturated heterocycles. The molecule has 1 atom stereocenters. The van der Waals surface area contributed by atoms with Crippen molar-refractivity contribution >= 4 is 0 Å². The number of hydrogen-bond donors (Lipinski definition) is 1. The van der Waals surface area contributed by atoms with Gasteiger partial charge in [-0.15, -0.1) is 0 Å². The maximum Gasteiger partial charge on any atom is 0.319 e. The summed E-state index contributed by atoms with van der Waals surface area (Å²) in [4.78, 5) is 0. The van der Waals surface area contributed by atoms with E-state index in [4.69, 9.17) is 4.74 Å². The largest absolute Gasteiger partial charge is 0.496 e. The molecule has 0 bridgehead atoms. The monoisotopic (exact) mass is 283 g/mol. The Morgan fingerprint density at radius 2 is 1.95 bits per heavy atom. The molecule has 0 spiro atoms. The maximum absolute atomic E-state index is 13.6. The van der Waals surface area contributed by atoms with Gasteiger partial charge < -0.3 is 10.1 Å². The SMILES string of the molecule is COc1cccc(F)c1C(C)NCC(F)(F)C(F)F. The Bertz CT molecular complexity index is 425. The molecule has 1 unspecified atom stereocenters. The minimum atomic E-state index is -4.16. The summed E-state index contributed by atoms with van der Waals surface area (Å²) in [6.45, 7) is 0.145. The van der Waals surface area contributed by atoms with Gasteiger partial charge in [0, 0.05) is 11.6 Å². The summed E-state index contributed by atoms with van der Waals surface area (Å²) in [5.41, 5.74) is 0.0232. The molecule has 2 nitrogen and oxygen atoms in total. The standard InChI is InChI=1S/C12H14F5NO/c1-7(18-6-12(16,17)11(14)15)10-8(13)4-3-5-9(10)19-2/h3-5,7,11,18H,6H2,1-2H3. The van der Waals surface area contributed by atoms with Gasteiger partial charge in [0.1, 0.15) is 11.6 Å². The topological polar surface area (TPSA) is 21.3 Å². The van der Waals surface area contributed by atoms with Crippen LogP contribution in [0.3, 0.4) is 0 Å². The number of alkyl halides is 4. The van der Waals surface area contributed by atoms with Crippen LogP contribution in [-0.2, 0) is 0 Å². The van der Waals surface area contributed by atoms with Gasteiger partial charge in [-0.2, -0.15) is 8.78 Å². The van der Waals surface area contributed by atoms with E-state index in [9.17, 15) is 22.0 Å². The predicted molar refractivity (Wildman–Crippen MR) is 60.3 cm³/mol. The van der Waals surface area contributed by atoms with Crippen molar-refractivity contribution in [1.29, 1.82) is 0 Å². The molecule has 7 heteroatoms. The number of benzene rings is 1. The Balaban J connectivity index is 2.82. The van der Waals surface area contributed by atoms with Gasteiger partial charge >= 0.3 is 12.3 Å². The van der Waals surface area contributed by atoms with E-state index in [0.29, 0.717) is 0 Å². The predicted octanol–water partition coefficient (Wildman–Crippen LogP) is 3.39. The molecule has 1 aromatic rings. The summed E-state index contributed by atoms with van der Waals surface area (Å²) in [5, 5.41) is 2.19. The van der Waals surface area contributed by atoms with E-state index in [1.807, 2.05) is 0 Å². The lowest BCUT2D eigenvalue weighted by Gasteiger charge is -2.21. The summed E-state index contributed by atoms with van der Waals surface area (Å²) >= 11 is 0. The molecule has 1 N–H and O–H groups in total. The summed E-state index contributed by atoms with van der Waals surface area (Å²) < 4.78 is 68.1. The van der Waals surface area contributed by atoms with Crippen molar-refractivity contribution in [2.24, 2.45) is 0 Å². The molecule has 1 rings (SSSR count). The van der Waals surface area contributed by atoms with Gasteiger partial charge in [0.15, 0.2) is 0 Å². The Kier molecular flexibility index (Phi) is 5.11. The van der Waals surface area contributed by atoms with E-state index in [-0.39, 0.29) is 11.3 Å². The first-order valence-electron chi connectivity index (χ1n) is 5.51. The fraction of sp³-hybridized carbons (Fsp3) is 0.500. The van der Waals surface area contributed by atoms with Crippen LogP contribution in [0.5, 0.6) is 5.75 Å². The molecule has 0 saturated carbocycles. The van der Waals surface area contributed by atoms with Gasteiger partial charge in [-0.3, -0.25) is 0 Å². The van der Waals surface area contributed by atoms with Crippen LogP contribution in [0, 0.1) is 5.82 Å². The van der Waals surface area contributed by atoms with Crippen molar-refractivity contribution in [1.82, 2.24) is 5.32 Å². The lowest BCUT2D eigenvalue weighted by Crippen LogP contribution is -2.40. The zero-order chi connectivity index (χ0) is 14.6. The molecule has 0 amide bonds. The highest BCUT2D eigenvalue weighted by atomic mass is 19.3. The van der Waals surface area contributed by atoms with Crippen LogP contribution in [0.15, 0.2) is 18.2 Å². The number of nitrogens with one attached hydrogen (secondary N) is 1. The summed E-state index contributed by atoms with van der Waals surface area (Å²) in [6.07, 6.45) is -3.77. The molecule has 0 fully saturated rings. The molecule has 0 heterocycles. The van der Waals surface area contributed by atoms with Gasteiger partial charge in [-0.05, 0) is 19.1 Å². The third kappa shape index (κ3) is 3.79. The summed E-state index contributed by atoms with van der Waals surface area (Å²) in [6, 6.07) is 3.11. The zero-order valence-electron chi connectivity index (χ0n) is 10.4. The van der Waals surface area contributed by atoms with E-state index >= 15 is 0 Å². The van der Waals surface area contributed by atoms with Gasteiger partial charge in [0.2, 0.25) is 0 Å². The van der Waals surface area contributed by atoms with Crippen LogP contribution in [0.4, 0.5) is 22.0 Å². The van der Waals surface area contributed by atoms with Crippen molar-refractivity contribution in [3.8, 4) is 5.75 Å². The first kappa shape index (κ1) is 15.7. The fourth-order valence-corrected chi connectivity index (χ4v) is 1.58. The van der Waals surface area contributed by atoms with Crippen LogP contribution in [-0.4, -0.2) is 26.0 Å². The van der Waals surface area contributed by atoms with E-state index in [1.54, 1.807) is 0 Å². The van der Waals surface area contributed by atoms with Crippen LogP contribution in [0.2, 0.25) is 0 Å². The first-order valence-corrected chi connectivity index (χ1v) is 5.51. The lowest BCUT2D eigenvalue weighted by molar-refractivity contribution is -0.126. The van der Waals surface area contributed by atoms with Crippen molar-refractivity contribution in [2.75, 3.05) is 13.7 Å². The fourth-order valence-electron chi connectivity index (χ4n) is 1.58. The Morgan fingerprint density at radius 1 is 1.32 bits per heavy atom. The third-order valence-electron chi connectivity index (χ3n) is 2.63. The van der Waals surface area contributed by atoms with E-state index in [0.717, 1.165) is 6.07 Å². The molecular weight excluding hydrogens is 269 g/mol. The number of hydrogen-bond acceptors (Lipinski definition) is 2. The van der Waals surface area contributed by atoms with Crippen LogP contribution in [0.1, 0.15) is 18.5 Å². The minimum Gasteiger partial charge on any atom is -0.496 e. The normalized spacial score (nSPS) is 13.7. The number of halogens is 5. The second-order valence-corrected chi connectivity index (χ2v) is 4.02. The Labute approximate surface area is 107 Å². The van der Waals surface area contributed by atoms with Crippen LogP contribution >= 0.6 is 0 Å². The average Bonchev–Trinajstić information content (AvgIpc) is 2.35. The highest BCUT2D eigenvalue weighted by Gasteiger charge is 2.40. The second-order valence-electron chi connectivity index (χ2n) is 4.02. The van der Waals surface area contributed by atoms with Crippen molar-refractivity contribution in [3.05, 3.63) is 29.6 Å². The van der Waals surface area contributed by atoms with Crippen molar-refractivity contribution in [2.45, 2.75) is 25.3 Å². The highest BCUT2D eigenvalue weighted by Crippen LogP contribution is 2.29. The molecule has 0 aliphatic carbocycles. The third-order valence-corrected chi connectivity index (χ3v) is 2.63. The quantitative estimate of drug-likeness (QED) is 0.808. The van der Waals surface area contributed by atoms with Gasteiger partial charge in [-0.1, -0.05) is 6.07 Å². The zero-order valence-corrected chi connectivity index (χ0v) is 10.4. The number of ether oxygens (including phenoxy) is 1. The van der Waals surface area contributed by atoms with Crippen molar-refractivity contribution < 1.29 is 26.7 Å². The second kappa shape index (κ2) is 6.18. The Hall–Kier alpha value is -1.37. The molecule has 0 aliphatic heterocycles. The molecule has 0 radical (unpaired) electrons. The molecule has 19 heavy (non-hydrogen) atoms. The van der Waals surface area contributed by atoms with Gasteiger partial charge in [0.05, 0.1) is 13.7 Å². The number of methoxy groups -OCH3 is 1. The number of rotatable bonds is 6. The van der Waals surface area contributed by atoms with E-state index in [2.05, 4.69) is 5.32 Å². The van der Waals surface area contributed by atoms with E-state index in [1.165, 1.54) is 26.2 Å². The van der Waals surface area contributed by atoms with Crippen LogP contribution in [0.25, 0.3) is 0 Å². The molecular formula is C12H14F5NO. The van der Waals surface area contributed by atoms with Gasteiger partial charge in [-0.25, -0.2) is 13.2 Å². The molecule has 1 aromatic carbocycles. The van der Waals surface area contributed by atoms with E-state index < -0.39 is 30.8 Å². The van der Waals surface area contributed by atoms with Crippen LogP contribution < -0.4 is 10.1 Å². The highest BCUT2D eigenvalue weighted by molar-refractivity contribution is 5.36. The minimum absolute atomic E-state index is 0.0232. The average molecular weight is 283 g/mol. The summed E-state index contributed by atoms with van der Waals surface area (Å²) in [7, 11) is 1.30. The first-order chi connectivity index (χ1) is 8.79. The van der Waals surface area contributed by atoms with Crippen molar-refractivity contribution in [3.63, 3.8) is 0 Å². The molecule has 108 valence electrons. The molecule has 0 aliphatic rings. The summed E-state index contributed by atoms with van der Waals surface area (Å²) in [5.74, 6) is -4.65. The van der Waals surface area contributed by atoms with Gasteiger partial charge in [0.25, 0.3) is 0 Å². The smallest absolute Gasteiger partial charge is 0.319 e. The Morgan fingerprint density at radius 3 is 2.47 bits per heavy atom. The molecule has 0 aromatic heterocycles. The lowest BCUT2D eigenvalue weighted by atomic mass is 10.1. The maximum atomic E-state index is 13.6.